The van der Waals surface area contributed by atoms with E-state index in [1.807, 2.05) is 35.6 Å². The van der Waals surface area contributed by atoms with Crippen LogP contribution in [0, 0.1) is 0 Å². The summed E-state index contributed by atoms with van der Waals surface area (Å²) in [5.74, 6) is 0. The number of carbonyl (C=O) groups excluding carboxylic acids is 1. The van der Waals surface area contributed by atoms with Gasteiger partial charge in [0.25, 0.3) is 0 Å². The number of carbonyl (C=O) groups is 1. The average Bonchev–Trinajstić information content (AvgIpc) is 2.88. The largest absolute Gasteiger partial charge is 0.348 e. The van der Waals surface area contributed by atoms with E-state index in [1.54, 1.807) is 0 Å². The van der Waals surface area contributed by atoms with Crippen LogP contribution >= 0.6 is 0 Å². The van der Waals surface area contributed by atoms with E-state index in [4.69, 9.17) is 0 Å². The third kappa shape index (κ3) is 1.66. The van der Waals surface area contributed by atoms with E-state index < -0.39 is 0 Å². The van der Waals surface area contributed by atoms with E-state index in [0.29, 0.717) is 6.04 Å². The fourth-order valence-corrected chi connectivity index (χ4v) is 1.95. The molecule has 0 saturated heterocycles. The highest BCUT2D eigenvalue weighted by Gasteiger charge is 2.25. The van der Waals surface area contributed by atoms with Gasteiger partial charge in [-0.25, -0.2) is 4.98 Å². The maximum Gasteiger partial charge on any atom is 0.151 e. The van der Waals surface area contributed by atoms with Crippen LogP contribution in [0.3, 0.4) is 0 Å². The summed E-state index contributed by atoms with van der Waals surface area (Å²) in [6.45, 7) is 0.782. The van der Waals surface area contributed by atoms with Gasteiger partial charge in [0.1, 0.15) is 0 Å². The fraction of sp³-hybridized carbons (Fsp3) is 0.333. The number of hydrogen-bond acceptors (Lipinski definition) is 2. The molecular weight excluding hydrogens is 202 g/mol. The van der Waals surface area contributed by atoms with Gasteiger partial charge in [-0.05, 0) is 18.9 Å². The standard InChI is InChI=1S/C12H13N3O/c16-8-10-3-4-14(6-10)7-12-5-13-9-15(12)11-1-2-11/h3-6,8-9,11H,1-2,7H2. The van der Waals surface area contributed by atoms with Crippen LogP contribution in [-0.4, -0.2) is 20.4 Å². The minimum absolute atomic E-state index is 0.651. The second kappa shape index (κ2) is 3.63. The maximum absolute atomic E-state index is 10.6. The van der Waals surface area contributed by atoms with Crippen molar-refractivity contribution in [3.8, 4) is 0 Å². The van der Waals surface area contributed by atoms with E-state index >= 15 is 0 Å². The van der Waals surface area contributed by atoms with E-state index in [9.17, 15) is 4.79 Å². The van der Waals surface area contributed by atoms with Crippen molar-refractivity contribution in [3.63, 3.8) is 0 Å². The molecule has 2 heterocycles. The molecule has 1 aliphatic rings. The lowest BCUT2D eigenvalue weighted by Crippen LogP contribution is -2.04. The van der Waals surface area contributed by atoms with Gasteiger partial charge >= 0.3 is 0 Å². The molecule has 0 radical (unpaired) electrons. The van der Waals surface area contributed by atoms with Crippen molar-refractivity contribution >= 4 is 6.29 Å². The van der Waals surface area contributed by atoms with Gasteiger partial charge in [0.2, 0.25) is 0 Å². The van der Waals surface area contributed by atoms with Crippen molar-refractivity contribution < 1.29 is 4.79 Å². The topological polar surface area (TPSA) is 39.8 Å². The van der Waals surface area contributed by atoms with Crippen molar-refractivity contribution in [2.24, 2.45) is 0 Å². The molecule has 4 heteroatoms. The lowest BCUT2D eigenvalue weighted by molar-refractivity contribution is 0.112. The number of imidazole rings is 1. The Morgan fingerprint density at radius 3 is 3.06 bits per heavy atom. The highest BCUT2D eigenvalue weighted by Crippen LogP contribution is 2.35. The predicted octanol–water partition coefficient (Wildman–Crippen LogP) is 1.88. The second-order valence-corrected chi connectivity index (χ2v) is 4.26. The van der Waals surface area contributed by atoms with Crippen LogP contribution in [0.5, 0.6) is 0 Å². The third-order valence-corrected chi connectivity index (χ3v) is 2.94. The quantitative estimate of drug-likeness (QED) is 0.730. The van der Waals surface area contributed by atoms with Gasteiger partial charge < -0.3 is 9.13 Å². The number of hydrogen-bond donors (Lipinski definition) is 0. The molecule has 1 saturated carbocycles. The van der Waals surface area contributed by atoms with Gasteiger partial charge in [-0.1, -0.05) is 0 Å². The van der Waals surface area contributed by atoms with Gasteiger partial charge in [0.05, 0.1) is 18.6 Å². The summed E-state index contributed by atoms with van der Waals surface area (Å²) in [5.41, 5.74) is 1.92. The molecule has 82 valence electrons. The summed E-state index contributed by atoms with van der Waals surface area (Å²) in [7, 11) is 0. The van der Waals surface area contributed by atoms with Crippen LogP contribution in [0.25, 0.3) is 0 Å². The number of aldehydes is 1. The number of nitrogens with zero attached hydrogens (tertiary/aromatic N) is 3. The van der Waals surface area contributed by atoms with Crippen LogP contribution in [-0.2, 0) is 6.54 Å². The molecule has 2 aromatic heterocycles. The first-order valence-electron chi connectivity index (χ1n) is 5.48. The van der Waals surface area contributed by atoms with Gasteiger partial charge in [-0.3, -0.25) is 4.79 Å². The summed E-state index contributed by atoms with van der Waals surface area (Å²) in [6, 6.07) is 2.48. The predicted molar refractivity (Wildman–Crippen MR) is 59.4 cm³/mol. The summed E-state index contributed by atoms with van der Waals surface area (Å²) in [4.78, 5) is 14.8. The van der Waals surface area contributed by atoms with Crippen molar-refractivity contribution in [1.29, 1.82) is 0 Å². The zero-order chi connectivity index (χ0) is 11.0. The van der Waals surface area contributed by atoms with Crippen LogP contribution in [0.15, 0.2) is 31.0 Å². The van der Waals surface area contributed by atoms with Gasteiger partial charge in [0.15, 0.2) is 6.29 Å². The Balaban J connectivity index is 1.82. The molecule has 2 aromatic rings. The molecule has 0 N–H and O–H groups in total. The zero-order valence-corrected chi connectivity index (χ0v) is 8.91. The lowest BCUT2D eigenvalue weighted by Gasteiger charge is -2.06. The molecule has 0 unspecified atom stereocenters. The van der Waals surface area contributed by atoms with Crippen molar-refractivity contribution in [2.75, 3.05) is 0 Å². The van der Waals surface area contributed by atoms with Crippen LogP contribution < -0.4 is 0 Å². The Labute approximate surface area is 93.5 Å². The maximum atomic E-state index is 10.6. The van der Waals surface area contributed by atoms with Gasteiger partial charge in [-0.2, -0.15) is 0 Å². The molecule has 0 spiro atoms. The smallest absolute Gasteiger partial charge is 0.151 e. The Morgan fingerprint density at radius 2 is 2.38 bits per heavy atom. The Hall–Kier alpha value is -1.84. The highest BCUT2D eigenvalue weighted by atomic mass is 16.1. The monoisotopic (exact) mass is 215 g/mol. The Bertz CT molecular complexity index is 508. The van der Waals surface area contributed by atoms with E-state index in [-0.39, 0.29) is 0 Å². The molecule has 16 heavy (non-hydrogen) atoms. The molecule has 1 aliphatic carbocycles. The first kappa shape index (κ1) is 9.39. The summed E-state index contributed by atoms with van der Waals surface area (Å²) < 4.78 is 4.25. The van der Waals surface area contributed by atoms with Crippen molar-refractivity contribution in [2.45, 2.75) is 25.4 Å². The number of rotatable bonds is 4. The summed E-state index contributed by atoms with van der Waals surface area (Å²) in [5, 5.41) is 0. The third-order valence-electron chi connectivity index (χ3n) is 2.94. The van der Waals surface area contributed by atoms with E-state index in [2.05, 4.69) is 9.55 Å². The van der Waals surface area contributed by atoms with Gasteiger partial charge in [0, 0.05) is 30.2 Å². The molecule has 3 rings (SSSR count). The fourth-order valence-electron chi connectivity index (χ4n) is 1.95. The molecule has 0 aliphatic heterocycles. The van der Waals surface area contributed by atoms with E-state index in [1.165, 1.54) is 18.5 Å². The normalized spacial score (nSPS) is 15.2. The van der Waals surface area contributed by atoms with Crippen molar-refractivity contribution in [3.05, 3.63) is 42.2 Å². The summed E-state index contributed by atoms with van der Waals surface area (Å²) >= 11 is 0. The second-order valence-electron chi connectivity index (χ2n) is 4.26. The molecule has 0 amide bonds. The van der Waals surface area contributed by atoms with Gasteiger partial charge in [-0.15, -0.1) is 0 Å². The zero-order valence-electron chi connectivity index (χ0n) is 8.91. The lowest BCUT2D eigenvalue weighted by atomic mass is 10.4. The molecule has 0 bridgehead atoms. The molecule has 0 atom stereocenters. The van der Waals surface area contributed by atoms with Crippen LogP contribution in [0.1, 0.15) is 34.9 Å². The first-order chi connectivity index (χ1) is 7.86. The van der Waals surface area contributed by atoms with Crippen LogP contribution in [0.4, 0.5) is 0 Å². The molecule has 1 fully saturated rings. The first-order valence-corrected chi connectivity index (χ1v) is 5.48. The minimum Gasteiger partial charge on any atom is -0.348 e. The molecular formula is C12H13N3O. The average molecular weight is 215 g/mol. The summed E-state index contributed by atoms with van der Waals surface area (Å²) in [6.07, 6.45) is 11.0. The SMILES string of the molecule is O=Cc1ccn(Cc2cncn2C2CC2)c1. The number of aromatic nitrogens is 3. The Kier molecular flexibility index (Phi) is 2.13. The molecule has 0 aromatic carbocycles. The van der Waals surface area contributed by atoms with Crippen molar-refractivity contribution in [1.82, 2.24) is 14.1 Å². The minimum atomic E-state index is 0.651. The highest BCUT2D eigenvalue weighted by molar-refractivity contribution is 5.74. The molecule has 4 nitrogen and oxygen atoms in total. The van der Waals surface area contributed by atoms with E-state index in [0.717, 1.165) is 18.4 Å². The van der Waals surface area contributed by atoms with Crippen LogP contribution in [0.2, 0.25) is 0 Å². The Morgan fingerprint density at radius 1 is 1.50 bits per heavy atom.